The van der Waals surface area contributed by atoms with Crippen molar-refractivity contribution in [2.45, 2.75) is 30.0 Å². The van der Waals surface area contributed by atoms with E-state index in [1.165, 1.54) is 0 Å². The summed E-state index contributed by atoms with van der Waals surface area (Å²) in [5, 5.41) is 18.4. The second-order valence-electron chi connectivity index (χ2n) is 3.94. The van der Waals surface area contributed by atoms with E-state index in [-0.39, 0.29) is 0 Å². The Bertz CT molecular complexity index is 505. The standard InChI is InChI=1S/C12H15N3OS/c1-8(16)10-4-6-11(7-5-10)17-12-14-13-9(2)15(12)3/h4-8,16H,1-3H3. The Morgan fingerprint density at radius 1 is 1.24 bits per heavy atom. The number of nitrogens with zero attached hydrogens (tertiary/aromatic N) is 3. The molecule has 1 aromatic carbocycles. The molecule has 0 bridgehead atoms. The van der Waals surface area contributed by atoms with Crippen LogP contribution in [-0.2, 0) is 7.05 Å². The first kappa shape index (κ1) is 12.1. The number of rotatable bonds is 3. The monoisotopic (exact) mass is 249 g/mol. The molecule has 1 aromatic heterocycles. The molecule has 17 heavy (non-hydrogen) atoms. The van der Waals surface area contributed by atoms with Crippen molar-refractivity contribution in [3.05, 3.63) is 35.7 Å². The topological polar surface area (TPSA) is 50.9 Å². The zero-order valence-corrected chi connectivity index (χ0v) is 10.9. The maximum Gasteiger partial charge on any atom is 0.195 e. The molecule has 0 amide bonds. The van der Waals surface area contributed by atoms with E-state index in [4.69, 9.17) is 0 Å². The maximum absolute atomic E-state index is 9.42. The minimum atomic E-state index is -0.425. The Balaban J connectivity index is 2.17. The predicted octanol–water partition coefficient (Wildman–Crippen LogP) is 2.33. The van der Waals surface area contributed by atoms with Crippen molar-refractivity contribution < 1.29 is 5.11 Å². The fourth-order valence-electron chi connectivity index (χ4n) is 1.40. The van der Waals surface area contributed by atoms with Gasteiger partial charge in [-0.1, -0.05) is 12.1 Å². The molecule has 2 aromatic rings. The molecule has 1 N–H and O–H groups in total. The molecule has 0 saturated heterocycles. The van der Waals surface area contributed by atoms with Crippen LogP contribution in [0.4, 0.5) is 0 Å². The zero-order valence-electron chi connectivity index (χ0n) is 10.1. The molecule has 0 fully saturated rings. The summed E-state index contributed by atoms with van der Waals surface area (Å²) in [6.07, 6.45) is -0.425. The molecular weight excluding hydrogens is 234 g/mol. The number of aromatic nitrogens is 3. The normalized spacial score (nSPS) is 12.7. The van der Waals surface area contributed by atoms with E-state index >= 15 is 0 Å². The first-order valence-electron chi connectivity index (χ1n) is 5.40. The van der Waals surface area contributed by atoms with Gasteiger partial charge >= 0.3 is 0 Å². The van der Waals surface area contributed by atoms with Crippen LogP contribution in [0.15, 0.2) is 34.3 Å². The van der Waals surface area contributed by atoms with Gasteiger partial charge < -0.3 is 9.67 Å². The van der Waals surface area contributed by atoms with Crippen molar-refractivity contribution in [2.24, 2.45) is 7.05 Å². The van der Waals surface area contributed by atoms with Gasteiger partial charge in [-0.3, -0.25) is 0 Å². The highest BCUT2D eigenvalue weighted by Crippen LogP contribution is 2.27. The summed E-state index contributed by atoms with van der Waals surface area (Å²) in [6, 6.07) is 7.82. The molecule has 0 aliphatic rings. The summed E-state index contributed by atoms with van der Waals surface area (Å²) >= 11 is 1.56. The number of aliphatic hydroxyl groups excluding tert-OH is 1. The molecule has 0 aliphatic carbocycles. The molecule has 1 atom stereocenters. The van der Waals surface area contributed by atoms with Gasteiger partial charge in [0.05, 0.1) is 6.10 Å². The Morgan fingerprint density at radius 2 is 1.88 bits per heavy atom. The molecule has 2 rings (SSSR count). The summed E-state index contributed by atoms with van der Waals surface area (Å²) in [5.74, 6) is 0.896. The van der Waals surface area contributed by atoms with Crippen LogP contribution in [0.1, 0.15) is 24.4 Å². The predicted molar refractivity (Wildman–Crippen MR) is 66.9 cm³/mol. The lowest BCUT2D eigenvalue weighted by atomic mass is 10.1. The van der Waals surface area contributed by atoms with Crippen molar-refractivity contribution >= 4 is 11.8 Å². The van der Waals surface area contributed by atoms with E-state index in [2.05, 4.69) is 10.2 Å². The third kappa shape index (κ3) is 2.68. The summed E-state index contributed by atoms with van der Waals surface area (Å²) < 4.78 is 1.95. The van der Waals surface area contributed by atoms with E-state index < -0.39 is 6.10 Å². The molecule has 90 valence electrons. The van der Waals surface area contributed by atoms with Crippen molar-refractivity contribution in [3.8, 4) is 0 Å². The third-order valence-electron chi connectivity index (χ3n) is 2.62. The SMILES string of the molecule is Cc1nnc(Sc2ccc(C(C)O)cc2)n1C. The smallest absolute Gasteiger partial charge is 0.195 e. The molecule has 5 heteroatoms. The van der Waals surface area contributed by atoms with Crippen LogP contribution in [0.25, 0.3) is 0 Å². The van der Waals surface area contributed by atoms with Crippen LogP contribution in [-0.4, -0.2) is 19.9 Å². The fourth-order valence-corrected chi connectivity index (χ4v) is 2.23. The van der Waals surface area contributed by atoms with Crippen LogP contribution in [0.3, 0.4) is 0 Å². The van der Waals surface area contributed by atoms with Gasteiger partial charge in [-0.05, 0) is 43.3 Å². The maximum atomic E-state index is 9.42. The van der Waals surface area contributed by atoms with Crippen LogP contribution in [0, 0.1) is 6.92 Å². The molecule has 0 aliphatic heterocycles. The lowest BCUT2D eigenvalue weighted by Crippen LogP contribution is -1.93. The van der Waals surface area contributed by atoms with E-state index in [9.17, 15) is 5.11 Å². The van der Waals surface area contributed by atoms with Gasteiger partial charge in [-0.25, -0.2) is 0 Å². The lowest BCUT2D eigenvalue weighted by molar-refractivity contribution is 0.199. The summed E-state index contributed by atoms with van der Waals surface area (Å²) in [4.78, 5) is 1.09. The van der Waals surface area contributed by atoms with Gasteiger partial charge in [0.2, 0.25) is 0 Å². The summed E-state index contributed by atoms with van der Waals surface area (Å²) in [6.45, 7) is 3.68. The highest BCUT2D eigenvalue weighted by molar-refractivity contribution is 7.99. The van der Waals surface area contributed by atoms with Crippen molar-refractivity contribution in [1.29, 1.82) is 0 Å². The van der Waals surface area contributed by atoms with Crippen molar-refractivity contribution in [2.75, 3.05) is 0 Å². The first-order valence-corrected chi connectivity index (χ1v) is 6.21. The number of aryl methyl sites for hydroxylation is 1. The van der Waals surface area contributed by atoms with Gasteiger partial charge in [0, 0.05) is 11.9 Å². The Kier molecular flexibility index (Phi) is 3.49. The van der Waals surface area contributed by atoms with E-state index in [0.29, 0.717) is 0 Å². The highest BCUT2D eigenvalue weighted by atomic mass is 32.2. The van der Waals surface area contributed by atoms with E-state index in [1.807, 2.05) is 42.8 Å². The number of hydrogen-bond acceptors (Lipinski definition) is 4. The highest BCUT2D eigenvalue weighted by Gasteiger charge is 2.07. The second kappa shape index (κ2) is 4.89. The van der Waals surface area contributed by atoms with Crippen LogP contribution >= 0.6 is 11.8 Å². The van der Waals surface area contributed by atoms with Gasteiger partial charge in [-0.2, -0.15) is 0 Å². The van der Waals surface area contributed by atoms with Crippen molar-refractivity contribution in [3.63, 3.8) is 0 Å². The molecule has 1 heterocycles. The molecule has 0 radical (unpaired) electrons. The van der Waals surface area contributed by atoms with E-state index in [0.717, 1.165) is 21.4 Å². The second-order valence-corrected chi connectivity index (χ2v) is 4.98. The van der Waals surface area contributed by atoms with Crippen molar-refractivity contribution in [1.82, 2.24) is 14.8 Å². The zero-order chi connectivity index (χ0) is 12.4. The Labute approximate surface area is 105 Å². The minimum Gasteiger partial charge on any atom is -0.389 e. The van der Waals surface area contributed by atoms with Crippen LogP contribution in [0.5, 0.6) is 0 Å². The fraction of sp³-hybridized carbons (Fsp3) is 0.333. The molecule has 4 nitrogen and oxygen atoms in total. The van der Waals surface area contributed by atoms with Crippen LogP contribution < -0.4 is 0 Å². The summed E-state index contributed by atoms with van der Waals surface area (Å²) in [7, 11) is 1.95. The largest absolute Gasteiger partial charge is 0.389 e. The summed E-state index contributed by atoms with van der Waals surface area (Å²) in [5.41, 5.74) is 0.920. The average molecular weight is 249 g/mol. The quantitative estimate of drug-likeness (QED) is 0.907. The average Bonchev–Trinajstić information content (AvgIpc) is 2.62. The van der Waals surface area contributed by atoms with Gasteiger partial charge in [0.1, 0.15) is 5.82 Å². The molecule has 1 unspecified atom stereocenters. The van der Waals surface area contributed by atoms with Gasteiger partial charge in [-0.15, -0.1) is 10.2 Å². The first-order chi connectivity index (χ1) is 8.08. The number of benzene rings is 1. The number of aliphatic hydroxyl groups is 1. The van der Waals surface area contributed by atoms with Gasteiger partial charge in [0.15, 0.2) is 5.16 Å². The lowest BCUT2D eigenvalue weighted by Gasteiger charge is -2.05. The Morgan fingerprint density at radius 3 is 2.35 bits per heavy atom. The van der Waals surface area contributed by atoms with Crippen LogP contribution in [0.2, 0.25) is 0 Å². The molecule has 0 saturated carbocycles. The van der Waals surface area contributed by atoms with Gasteiger partial charge in [0.25, 0.3) is 0 Å². The number of hydrogen-bond donors (Lipinski definition) is 1. The van der Waals surface area contributed by atoms with E-state index in [1.54, 1.807) is 18.7 Å². The minimum absolute atomic E-state index is 0.425. The Hall–Kier alpha value is -1.33. The third-order valence-corrected chi connectivity index (χ3v) is 3.67. The molecular formula is C12H15N3OS. The molecule has 0 spiro atoms.